The number of hydrogen-bond donors (Lipinski definition) is 0. The van der Waals surface area contributed by atoms with Gasteiger partial charge in [-0.15, -0.1) is 0 Å². The Morgan fingerprint density at radius 1 is 0.947 bits per heavy atom. The molecule has 0 bridgehead atoms. The van der Waals surface area contributed by atoms with Gasteiger partial charge in [0.1, 0.15) is 4.90 Å². The summed E-state index contributed by atoms with van der Waals surface area (Å²) in [6.45, 7) is 5.15. The van der Waals surface area contributed by atoms with Crippen molar-refractivity contribution in [3.05, 3.63) is 42.5 Å². The van der Waals surface area contributed by atoms with Crippen LogP contribution >= 0.6 is 0 Å². The molecule has 0 spiro atoms. The van der Waals surface area contributed by atoms with Crippen molar-refractivity contribution in [2.45, 2.75) is 31.3 Å². The molecule has 3 nitrogen and oxygen atoms in total. The van der Waals surface area contributed by atoms with Crippen molar-refractivity contribution in [2.24, 2.45) is 0 Å². The Bertz CT molecular complexity index is 667. The van der Waals surface area contributed by atoms with E-state index in [0.717, 1.165) is 5.39 Å². The van der Waals surface area contributed by atoms with Crippen molar-refractivity contribution in [1.29, 1.82) is 0 Å². The maximum Gasteiger partial charge on any atom is 0.298 e. The SMILES string of the molecule is CC(C)(C)OS(=O)(=O)c1cccc2ccccc12.[Li]. The molecule has 0 saturated carbocycles. The molecule has 0 N–H and O–H groups in total. The number of rotatable bonds is 2. The molecule has 2 aromatic rings. The zero-order valence-electron chi connectivity index (χ0n) is 11.7. The van der Waals surface area contributed by atoms with Gasteiger partial charge < -0.3 is 0 Å². The summed E-state index contributed by atoms with van der Waals surface area (Å²) in [6, 6.07) is 12.5. The Balaban J connectivity index is 0.00000180. The maximum absolute atomic E-state index is 12.2. The predicted molar refractivity (Wildman–Crippen MR) is 77.7 cm³/mol. The molecule has 97 valence electrons. The van der Waals surface area contributed by atoms with Crippen molar-refractivity contribution in [2.75, 3.05) is 0 Å². The smallest absolute Gasteiger partial charge is 0.261 e. The summed E-state index contributed by atoms with van der Waals surface area (Å²) in [5.41, 5.74) is -0.740. The summed E-state index contributed by atoms with van der Waals surface area (Å²) in [5, 5.41) is 1.57. The van der Waals surface area contributed by atoms with E-state index in [2.05, 4.69) is 0 Å². The molecule has 19 heavy (non-hydrogen) atoms. The summed E-state index contributed by atoms with van der Waals surface area (Å²) in [5.74, 6) is 0. The van der Waals surface area contributed by atoms with Crippen molar-refractivity contribution in [3.63, 3.8) is 0 Å². The molecule has 0 aromatic heterocycles. The van der Waals surface area contributed by atoms with Crippen LogP contribution in [0.15, 0.2) is 47.4 Å². The molecular formula is C14H16LiO3S. The van der Waals surface area contributed by atoms with E-state index in [1.54, 1.807) is 39.0 Å². The zero-order chi connectivity index (χ0) is 13.4. The molecule has 1 radical (unpaired) electrons. The van der Waals surface area contributed by atoms with E-state index >= 15 is 0 Å². The van der Waals surface area contributed by atoms with Gasteiger partial charge in [0.2, 0.25) is 0 Å². The molecule has 0 amide bonds. The fraction of sp³-hybridized carbons (Fsp3) is 0.286. The van der Waals surface area contributed by atoms with Crippen LogP contribution in [0.25, 0.3) is 10.8 Å². The molecule has 0 aliphatic heterocycles. The van der Waals surface area contributed by atoms with E-state index in [0.29, 0.717) is 5.39 Å². The zero-order valence-corrected chi connectivity index (χ0v) is 12.5. The van der Waals surface area contributed by atoms with Crippen LogP contribution in [0, 0.1) is 0 Å². The standard InChI is InChI=1S/C14H16O3S.Li/c1-14(2,3)17-18(15,16)13-10-6-8-11-7-4-5-9-12(11)13;/h4-10H,1-3H3;. The molecule has 0 aliphatic rings. The number of benzene rings is 2. The first-order valence-corrected chi connectivity index (χ1v) is 7.14. The average molecular weight is 271 g/mol. The van der Waals surface area contributed by atoms with E-state index < -0.39 is 15.7 Å². The van der Waals surface area contributed by atoms with Gasteiger partial charge in [-0.05, 0) is 32.2 Å². The summed E-state index contributed by atoms with van der Waals surface area (Å²) in [7, 11) is -3.74. The van der Waals surface area contributed by atoms with Gasteiger partial charge in [0.15, 0.2) is 0 Å². The predicted octanol–water partition coefficient (Wildman–Crippen LogP) is 2.96. The van der Waals surface area contributed by atoms with Gasteiger partial charge in [0.05, 0.1) is 5.60 Å². The quantitative estimate of drug-likeness (QED) is 0.623. The molecule has 2 aromatic carbocycles. The first-order chi connectivity index (χ1) is 8.30. The molecule has 5 heteroatoms. The number of hydrogen-bond acceptors (Lipinski definition) is 3. The molecule has 2 rings (SSSR count). The van der Waals surface area contributed by atoms with Crippen LogP contribution in [0.3, 0.4) is 0 Å². The summed E-state index contributed by atoms with van der Waals surface area (Å²) < 4.78 is 29.7. The van der Waals surface area contributed by atoms with Gasteiger partial charge in [0, 0.05) is 24.2 Å². The second-order valence-electron chi connectivity index (χ2n) is 5.13. The van der Waals surface area contributed by atoms with Crippen LogP contribution in [0.1, 0.15) is 20.8 Å². The van der Waals surface area contributed by atoms with E-state index in [9.17, 15) is 8.42 Å². The first kappa shape index (κ1) is 16.3. The fourth-order valence-electron chi connectivity index (χ4n) is 1.79. The molecule has 0 aliphatic carbocycles. The first-order valence-electron chi connectivity index (χ1n) is 5.73. The van der Waals surface area contributed by atoms with E-state index in [1.165, 1.54) is 0 Å². The second kappa shape index (κ2) is 5.68. The third-order valence-electron chi connectivity index (χ3n) is 2.38. The summed E-state index contributed by atoms with van der Waals surface area (Å²) in [4.78, 5) is 0.218. The van der Waals surface area contributed by atoms with Crippen LogP contribution in [0.4, 0.5) is 0 Å². The van der Waals surface area contributed by atoms with Gasteiger partial charge in [-0.25, -0.2) is 0 Å². The van der Waals surface area contributed by atoms with Crippen LogP contribution < -0.4 is 0 Å². The van der Waals surface area contributed by atoms with Crippen molar-refractivity contribution >= 4 is 39.8 Å². The van der Waals surface area contributed by atoms with Crippen LogP contribution in [-0.4, -0.2) is 32.9 Å². The summed E-state index contributed by atoms with van der Waals surface area (Å²) >= 11 is 0. The normalized spacial score (nSPS) is 12.2. The Kier molecular flexibility index (Phi) is 4.86. The van der Waals surface area contributed by atoms with Gasteiger partial charge in [-0.2, -0.15) is 8.42 Å². The molecular weight excluding hydrogens is 255 g/mol. The van der Waals surface area contributed by atoms with Gasteiger partial charge in [0.25, 0.3) is 10.1 Å². The average Bonchev–Trinajstić information content (AvgIpc) is 2.25. The summed E-state index contributed by atoms with van der Waals surface area (Å²) in [6.07, 6.45) is 0. The Labute approximate surface area is 126 Å². The minimum Gasteiger partial charge on any atom is -0.261 e. The van der Waals surface area contributed by atoms with Gasteiger partial charge in [-0.1, -0.05) is 36.4 Å². The minimum atomic E-state index is -3.74. The second-order valence-corrected chi connectivity index (χ2v) is 6.64. The van der Waals surface area contributed by atoms with Crippen LogP contribution in [0.2, 0.25) is 0 Å². The van der Waals surface area contributed by atoms with E-state index in [-0.39, 0.29) is 23.8 Å². The van der Waals surface area contributed by atoms with E-state index in [4.69, 9.17) is 4.18 Å². The largest absolute Gasteiger partial charge is 0.298 e. The van der Waals surface area contributed by atoms with E-state index in [1.807, 2.05) is 24.3 Å². The third-order valence-corrected chi connectivity index (χ3v) is 3.99. The Morgan fingerprint density at radius 3 is 2.16 bits per heavy atom. The molecule has 0 saturated heterocycles. The monoisotopic (exact) mass is 271 g/mol. The molecule has 0 heterocycles. The van der Waals surface area contributed by atoms with Crippen LogP contribution in [-0.2, 0) is 14.3 Å². The van der Waals surface area contributed by atoms with Crippen molar-refractivity contribution < 1.29 is 12.6 Å². The number of fused-ring (bicyclic) bond motifs is 1. The molecule has 0 atom stereocenters. The van der Waals surface area contributed by atoms with Gasteiger partial charge >= 0.3 is 0 Å². The van der Waals surface area contributed by atoms with Crippen molar-refractivity contribution in [3.8, 4) is 0 Å². The third kappa shape index (κ3) is 3.84. The fourth-order valence-corrected chi connectivity index (χ4v) is 3.24. The minimum absolute atomic E-state index is 0. The molecule has 0 fully saturated rings. The maximum atomic E-state index is 12.2. The van der Waals surface area contributed by atoms with Crippen LogP contribution in [0.5, 0.6) is 0 Å². The Hall–Kier alpha value is -0.793. The van der Waals surface area contributed by atoms with Crippen molar-refractivity contribution in [1.82, 2.24) is 0 Å². The van der Waals surface area contributed by atoms with Gasteiger partial charge in [-0.3, -0.25) is 4.18 Å². The topological polar surface area (TPSA) is 43.4 Å². The Morgan fingerprint density at radius 2 is 1.53 bits per heavy atom. The molecule has 0 unspecified atom stereocenters.